The molecular formula is C15H24N2. The smallest absolute Gasteiger partial charge is 0.0372 e. The van der Waals surface area contributed by atoms with E-state index in [9.17, 15) is 0 Å². The first kappa shape index (κ1) is 12.4. The Hall–Kier alpha value is -1.02. The van der Waals surface area contributed by atoms with Crippen LogP contribution in [0.2, 0.25) is 0 Å². The summed E-state index contributed by atoms with van der Waals surface area (Å²) in [6, 6.07) is 8.01. The molecule has 0 spiro atoms. The van der Waals surface area contributed by atoms with E-state index in [1.807, 2.05) is 0 Å². The second-order valence-electron chi connectivity index (χ2n) is 5.41. The minimum absolute atomic E-state index is 0.571. The van der Waals surface area contributed by atoms with Gasteiger partial charge in [0.1, 0.15) is 0 Å². The van der Waals surface area contributed by atoms with Gasteiger partial charge in [0.25, 0.3) is 0 Å². The molecule has 2 nitrogen and oxygen atoms in total. The second kappa shape index (κ2) is 5.09. The Morgan fingerprint density at radius 1 is 1.18 bits per heavy atom. The van der Waals surface area contributed by atoms with Gasteiger partial charge >= 0.3 is 0 Å². The van der Waals surface area contributed by atoms with E-state index >= 15 is 0 Å². The predicted molar refractivity (Wildman–Crippen MR) is 74.8 cm³/mol. The standard InChI is InChI=1S/C15H24N2/c1-11-5-6-15(9-12(11)2)17-10-13(3)16-8-7-14(17)4/h5-6,9,13-14,16H,7-8,10H2,1-4H3. The Kier molecular flexibility index (Phi) is 3.72. The lowest BCUT2D eigenvalue weighted by Crippen LogP contribution is -2.38. The second-order valence-corrected chi connectivity index (χ2v) is 5.41. The Morgan fingerprint density at radius 2 is 1.94 bits per heavy atom. The molecule has 1 aromatic rings. The van der Waals surface area contributed by atoms with E-state index in [2.05, 4.69) is 56.1 Å². The van der Waals surface area contributed by atoms with E-state index in [0.717, 1.165) is 13.1 Å². The number of hydrogen-bond donors (Lipinski definition) is 1. The molecule has 1 fully saturated rings. The zero-order valence-electron chi connectivity index (χ0n) is 11.5. The Balaban J connectivity index is 2.26. The van der Waals surface area contributed by atoms with E-state index in [-0.39, 0.29) is 0 Å². The van der Waals surface area contributed by atoms with Crippen molar-refractivity contribution in [3.63, 3.8) is 0 Å². The molecule has 1 aliphatic heterocycles. The van der Waals surface area contributed by atoms with Crippen molar-refractivity contribution >= 4 is 5.69 Å². The van der Waals surface area contributed by atoms with Gasteiger partial charge in [-0.05, 0) is 63.9 Å². The third kappa shape index (κ3) is 2.81. The summed E-state index contributed by atoms with van der Waals surface area (Å²) in [5, 5.41) is 3.56. The van der Waals surface area contributed by atoms with Crippen molar-refractivity contribution in [1.29, 1.82) is 0 Å². The fourth-order valence-electron chi connectivity index (χ4n) is 2.50. The average molecular weight is 232 g/mol. The number of rotatable bonds is 1. The molecule has 0 saturated carbocycles. The molecule has 1 N–H and O–H groups in total. The maximum Gasteiger partial charge on any atom is 0.0372 e. The highest BCUT2D eigenvalue weighted by Crippen LogP contribution is 2.23. The minimum atomic E-state index is 0.571. The third-order valence-electron chi connectivity index (χ3n) is 3.88. The minimum Gasteiger partial charge on any atom is -0.367 e. The molecule has 2 atom stereocenters. The number of aryl methyl sites for hydroxylation is 2. The first-order valence-electron chi connectivity index (χ1n) is 6.65. The van der Waals surface area contributed by atoms with Crippen molar-refractivity contribution in [3.8, 4) is 0 Å². The van der Waals surface area contributed by atoms with E-state index in [1.54, 1.807) is 0 Å². The van der Waals surface area contributed by atoms with Gasteiger partial charge in [-0.2, -0.15) is 0 Å². The first-order valence-corrected chi connectivity index (χ1v) is 6.65. The van der Waals surface area contributed by atoms with E-state index in [0.29, 0.717) is 12.1 Å². The van der Waals surface area contributed by atoms with Gasteiger partial charge in [-0.25, -0.2) is 0 Å². The monoisotopic (exact) mass is 232 g/mol. The van der Waals surface area contributed by atoms with Gasteiger partial charge < -0.3 is 10.2 Å². The summed E-state index contributed by atoms with van der Waals surface area (Å²) in [5.74, 6) is 0. The van der Waals surface area contributed by atoms with Crippen LogP contribution in [-0.4, -0.2) is 25.2 Å². The van der Waals surface area contributed by atoms with Crippen molar-refractivity contribution in [2.75, 3.05) is 18.0 Å². The molecular weight excluding hydrogens is 208 g/mol. The van der Waals surface area contributed by atoms with Crippen molar-refractivity contribution in [1.82, 2.24) is 5.32 Å². The van der Waals surface area contributed by atoms with Crippen molar-refractivity contribution in [2.24, 2.45) is 0 Å². The maximum absolute atomic E-state index is 3.56. The average Bonchev–Trinajstić information content (AvgIpc) is 2.45. The van der Waals surface area contributed by atoms with Crippen molar-refractivity contribution in [3.05, 3.63) is 29.3 Å². The van der Waals surface area contributed by atoms with Crippen LogP contribution in [0.1, 0.15) is 31.4 Å². The summed E-state index contributed by atoms with van der Waals surface area (Å²) in [4.78, 5) is 2.54. The summed E-state index contributed by atoms with van der Waals surface area (Å²) in [7, 11) is 0. The molecule has 17 heavy (non-hydrogen) atoms. The van der Waals surface area contributed by atoms with Crippen LogP contribution in [-0.2, 0) is 0 Å². The summed E-state index contributed by atoms with van der Waals surface area (Å²) >= 11 is 0. The zero-order chi connectivity index (χ0) is 12.4. The molecule has 0 aromatic heterocycles. The number of nitrogens with zero attached hydrogens (tertiary/aromatic N) is 1. The van der Waals surface area contributed by atoms with Gasteiger partial charge in [0, 0.05) is 24.3 Å². The molecule has 0 bridgehead atoms. The highest BCUT2D eigenvalue weighted by molar-refractivity contribution is 5.51. The topological polar surface area (TPSA) is 15.3 Å². The van der Waals surface area contributed by atoms with Gasteiger partial charge in [0.15, 0.2) is 0 Å². The quantitative estimate of drug-likeness (QED) is 0.801. The lowest BCUT2D eigenvalue weighted by molar-refractivity contribution is 0.585. The molecule has 2 rings (SSSR count). The normalized spacial score (nSPS) is 25.8. The summed E-state index contributed by atoms with van der Waals surface area (Å²) in [6.45, 7) is 11.2. The third-order valence-corrected chi connectivity index (χ3v) is 3.88. The van der Waals surface area contributed by atoms with Crippen LogP contribution in [0.15, 0.2) is 18.2 Å². The highest BCUT2D eigenvalue weighted by Gasteiger charge is 2.20. The molecule has 1 aromatic carbocycles. The van der Waals surface area contributed by atoms with Crippen LogP contribution < -0.4 is 10.2 Å². The molecule has 1 saturated heterocycles. The van der Waals surface area contributed by atoms with Gasteiger partial charge in [0.2, 0.25) is 0 Å². The van der Waals surface area contributed by atoms with Crippen LogP contribution in [0, 0.1) is 13.8 Å². The molecule has 0 amide bonds. The van der Waals surface area contributed by atoms with Crippen molar-refractivity contribution in [2.45, 2.75) is 46.2 Å². The lowest BCUT2D eigenvalue weighted by Gasteiger charge is -2.31. The highest BCUT2D eigenvalue weighted by atomic mass is 15.2. The summed E-state index contributed by atoms with van der Waals surface area (Å²) in [6.07, 6.45) is 1.22. The predicted octanol–water partition coefficient (Wildman–Crippen LogP) is 2.88. The zero-order valence-corrected chi connectivity index (χ0v) is 11.5. The molecule has 1 heterocycles. The van der Waals surface area contributed by atoms with Crippen LogP contribution in [0.25, 0.3) is 0 Å². The Morgan fingerprint density at radius 3 is 2.65 bits per heavy atom. The fourth-order valence-corrected chi connectivity index (χ4v) is 2.50. The Labute approximate surface area is 105 Å². The molecule has 2 unspecified atom stereocenters. The van der Waals surface area contributed by atoms with Crippen LogP contribution in [0.4, 0.5) is 5.69 Å². The maximum atomic E-state index is 3.56. The van der Waals surface area contributed by atoms with E-state index in [4.69, 9.17) is 0 Å². The fraction of sp³-hybridized carbons (Fsp3) is 0.600. The number of nitrogens with one attached hydrogen (secondary N) is 1. The van der Waals surface area contributed by atoms with E-state index < -0.39 is 0 Å². The van der Waals surface area contributed by atoms with Crippen LogP contribution in [0.5, 0.6) is 0 Å². The van der Waals surface area contributed by atoms with Crippen LogP contribution >= 0.6 is 0 Å². The largest absolute Gasteiger partial charge is 0.367 e. The lowest BCUT2D eigenvalue weighted by atomic mass is 10.1. The van der Waals surface area contributed by atoms with Crippen molar-refractivity contribution < 1.29 is 0 Å². The van der Waals surface area contributed by atoms with E-state index in [1.165, 1.54) is 23.2 Å². The molecule has 0 aliphatic carbocycles. The SMILES string of the molecule is Cc1ccc(N2CC(C)NCCC2C)cc1C. The van der Waals surface area contributed by atoms with Gasteiger partial charge in [-0.15, -0.1) is 0 Å². The molecule has 2 heteroatoms. The Bertz CT molecular complexity index is 387. The van der Waals surface area contributed by atoms with Gasteiger partial charge in [0.05, 0.1) is 0 Å². The summed E-state index contributed by atoms with van der Waals surface area (Å²) < 4.78 is 0. The number of hydrogen-bond acceptors (Lipinski definition) is 2. The van der Waals surface area contributed by atoms with Gasteiger partial charge in [-0.1, -0.05) is 6.07 Å². The molecule has 0 radical (unpaired) electrons. The van der Waals surface area contributed by atoms with Gasteiger partial charge in [-0.3, -0.25) is 0 Å². The summed E-state index contributed by atoms with van der Waals surface area (Å²) in [5.41, 5.74) is 4.14. The number of anilines is 1. The van der Waals surface area contributed by atoms with Crippen LogP contribution in [0.3, 0.4) is 0 Å². The first-order chi connectivity index (χ1) is 8.08. The molecule has 94 valence electrons. The molecule has 1 aliphatic rings. The number of benzene rings is 1.